The summed E-state index contributed by atoms with van der Waals surface area (Å²) in [5, 5.41) is 15.3. The first-order chi connectivity index (χ1) is 15.3. The van der Waals surface area contributed by atoms with Crippen LogP contribution in [0.4, 0.5) is 19.2 Å². The van der Waals surface area contributed by atoms with Crippen molar-refractivity contribution >= 4 is 24.6 Å². The van der Waals surface area contributed by atoms with E-state index in [1.165, 1.54) is 0 Å². The summed E-state index contributed by atoms with van der Waals surface area (Å²) in [5.74, 6) is 0. The molecule has 192 valence electrons. The van der Waals surface area contributed by atoms with Crippen molar-refractivity contribution in [3.05, 3.63) is 0 Å². The van der Waals surface area contributed by atoms with E-state index >= 15 is 0 Å². The lowest BCUT2D eigenvalue weighted by Gasteiger charge is -2.17. The van der Waals surface area contributed by atoms with Gasteiger partial charge < -0.3 is 23.7 Å². The second kappa shape index (κ2) is 15.6. The lowest BCUT2D eigenvalue weighted by Crippen LogP contribution is -2.24. The highest BCUT2D eigenvalue weighted by Gasteiger charge is 2.20. The van der Waals surface area contributed by atoms with Crippen LogP contribution in [0.15, 0.2) is 0 Å². The van der Waals surface area contributed by atoms with Gasteiger partial charge in [-0.3, -0.25) is 0 Å². The molecule has 0 aromatic heterocycles. The number of hydrogen-bond donors (Lipinski definition) is 0. The zero-order chi connectivity index (χ0) is 25.3. The van der Waals surface area contributed by atoms with Crippen molar-refractivity contribution in [1.82, 2.24) is 0 Å². The zero-order valence-electron chi connectivity index (χ0n) is 18.8. The standard InChI is InChI=1S/C16H26O17/c1-15(2,3)24-13(19)28-32-30-26-11(17)22-9-7-21-8-10-23-12(18)27-31-33-29-14(20)25-16(4,5)6/h7-10H2,1-6H3. The third kappa shape index (κ3) is 21.9. The van der Waals surface area contributed by atoms with Crippen molar-refractivity contribution in [1.29, 1.82) is 0 Å². The number of carbonyl (C=O) groups is 4. The van der Waals surface area contributed by atoms with Crippen LogP contribution < -0.4 is 0 Å². The van der Waals surface area contributed by atoms with Crippen molar-refractivity contribution in [2.24, 2.45) is 0 Å². The maximum absolute atomic E-state index is 11.1. The number of rotatable bonds is 12. The Morgan fingerprint density at radius 2 is 0.788 bits per heavy atom. The first-order valence-corrected chi connectivity index (χ1v) is 9.01. The van der Waals surface area contributed by atoms with E-state index in [4.69, 9.17) is 4.74 Å². The summed E-state index contributed by atoms with van der Waals surface area (Å²) in [6, 6.07) is 0. The second-order valence-corrected chi connectivity index (χ2v) is 7.34. The quantitative estimate of drug-likeness (QED) is 0.127. The maximum Gasteiger partial charge on any atom is 0.543 e. The number of hydrogen-bond acceptors (Lipinski definition) is 17. The summed E-state index contributed by atoms with van der Waals surface area (Å²) in [6.45, 7) is 8.70. The van der Waals surface area contributed by atoms with Gasteiger partial charge in [-0.15, -0.1) is 0 Å². The summed E-state index contributed by atoms with van der Waals surface area (Å²) in [4.78, 5) is 60.2. The van der Waals surface area contributed by atoms with Crippen molar-refractivity contribution in [2.45, 2.75) is 52.7 Å². The van der Waals surface area contributed by atoms with E-state index in [0.29, 0.717) is 0 Å². The molecular formula is C16H26O17. The smallest absolute Gasteiger partial charge is 0.430 e. The molecular weight excluding hydrogens is 464 g/mol. The van der Waals surface area contributed by atoms with Crippen molar-refractivity contribution in [3.8, 4) is 0 Å². The Hall–Kier alpha value is -3.12. The molecule has 0 heterocycles. The third-order valence-electron chi connectivity index (χ3n) is 2.14. The average Bonchev–Trinajstić information content (AvgIpc) is 2.65. The van der Waals surface area contributed by atoms with Gasteiger partial charge in [-0.2, -0.15) is 0 Å². The number of carbonyl (C=O) groups excluding carboxylic acids is 4. The average molecular weight is 490 g/mol. The molecule has 0 aliphatic rings. The van der Waals surface area contributed by atoms with Crippen LogP contribution in [-0.2, 0) is 63.4 Å². The summed E-state index contributed by atoms with van der Waals surface area (Å²) in [5.41, 5.74) is -1.65. The van der Waals surface area contributed by atoms with Crippen molar-refractivity contribution in [2.75, 3.05) is 26.4 Å². The monoisotopic (exact) mass is 490 g/mol. The van der Waals surface area contributed by atoms with Gasteiger partial charge in [0.1, 0.15) is 24.4 Å². The SMILES string of the molecule is CC(C)(C)OC(=O)OOOOC(=O)OCCOCCOC(=O)OOOOC(=O)OC(C)(C)C. The normalized spacial score (nSPS) is 11.1. The Kier molecular flexibility index (Phi) is 14.2. The molecule has 0 saturated carbocycles. The molecule has 0 aliphatic heterocycles. The Morgan fingerprint density at radius 3 is 1.09 bits per heavy atom. The van der Waals surface area contributed by atoms with E-state index in [-0.39, 0.29) is 26.4 Å². The minimum atomic E-state index is -1.34. The van der Waals surface area contributed by atoms with Crippen molar-refractivity contribution < 1.29 is 82.6 Å². The third-order valence-corrected chi connectivity index (χ3v) is 2.14. The van der Waals surface area contributed by atoms with Gasteiger partial charge in [0.25, 0.3) is 0 Å². The zero-order valence-corrected chi connectivity index (χ0v) is 18.8. The fraction of sp³-hybridized carbons (Fsp3) is 0.750. The fourth-order valence-electron chi connectivity index (χ4n) is 1.22. The molecule has 0 bridgehead atoms. The molecule has 0 N–H and O–H groups in total. The molecule has 0 saturated heterocycles. The van der Waals surface area contributed by atoms with Gasteiger partial charge in [0.2, 0.25) is 0 Å². The van der Waals surface area contributed by atoms with Gasteiger partial charge >= 0.3 is 24.6 Å². The van der Waals surface area contributed by atoms with E-state index in [1.807, 2.05) is 0 Å². The summed E-state index contributed by atoms with van der Waals surface area (Å²) < 4.78 is 23.3. The van der Waals surface area contributed by atoms with E-state index in [9.17, 15) is 19.2 Å². The Balaban J connectivity index is 3.53. The van der Waals surface area contributed by atoms with Crippen LogP contribution >= 0.6 is 0 Å². The van der Waals surface area contributed by atoms with Crippen LogP contribution in [0, 0.1) is 0 Å². The molecule has 0 unspecified atom stereocenters. The van der Waals surface area contributed by atoms with Gasteiger partial charge in [0.15, 0.2) is 0 Å². The fourth-order valence-corrected chi connectivity index (χ4v) is 1.22. The number of ether oxygens (including phenoxy) is 5. The van der Waals surface area contributed by atoms with Gasteiger partial charge in [-0.1, -0.05) is 0 Å². The lowest BCUT2D eigenvalue weighted by atomic mass is 10.2. The molecule has 0 amide bonds. The predicted molar refractivity (Wildman–Crippen MR) is 94.7 cm³/mol. The molecule has 0 aliphatic carbocycles. The van der Waals surface area contributed by atoms with E-state index in [0.717, 1.165) is 0 Å². The summed E-state index contributed by atoms with van der Waals surface area (Å²) in [7, 11) is 0. The minimum Gasteiger partial charge on any atom is -0.430 e. The molecule has 33 heavy (non-hydrogen) atoms. The van der Waals surface area contributed by atoms with Crippen LogP contribution in [0.25, 0.3) is 0 Å². The van der Waals surface area contributed by atoms with Crippen LogP contribution in [0.1, 0.15) is 41.5 Å². The molecule has 0 atom stereocenters. The van der Waals surface area contributed by atoms with Crippen LogP contribution in [0.2, 0.25) is 0 Å². The van der Waals surface area contributed by atoms with Crippen molar-refractivity contribution in [3.63, 3.8) is 0 Å². The summed E-state index contributed by atoms with van der Waals surface area (Å²) >= 11 is 0. The predicted octanol–water partition coefficient (Wildman–Crippen LogP) is 2.77. The van der Waals surface area contributed by atoms with Gasteiger partial charge in [0, 0.05) is 20.2 Å². The Bertz CT molecular complexity index is 553. The van der Waals surface area contributed by atoms with E-state index in [2.05, 4.69) is 58.7 Å². The minimum absolute atomic E-state index is 0.119. The van der Waals surface area contributed by atoms with Crippen LogP contribution in [0.3, 0.4) is 0 Å². The molecule has 17 nitrogen and oxygen atoms in total. The van der Waals surface area contributed by atoms with Gasteiger partial charge in [0.05, 0.1) is 13.2 Å². The molecule has 0 radical (unpaired) electrons. The highest BCUT2D eigenvalue weighted by Crippen LogP contribution is 2.09. The van der Waals surface area contributed by atoms with Gasteiger partial charge in [-0.05, 0) is 41.5 Å². The molecule has 0 rings (SSSR count). The molecule has 0 spiro atoms. The lowest BCUT2D eigenvalue weighted by molar-refractivity contribution is -0.601. The molecule has 0 aromatic rings. The Labute approximate surface area is 187 Å². The topological polar surface area (TPSA) is 188 Å². The first-order valence-electron chi connectivity index (χ1n) is 9.01. The van der Waals surface area contributed by atoms with Crippen LogP contribution in [-0.4, -0.2) is 62.3 Å². The van der Waals surface area contributed by atoms with Crippen LogP contribution in [0.5, 0.6) is 0 Å². The van der Waals surface area contributed by atoms with Gasteiger partial charge in [-0.25, -0.2) is 38.7 Å². The maximum atomic E-state index is 11.1. The molecule has 17 heteroatoms. The highest BCUT2D eigenvalue weighted by molar-refractivity contribution is 5.60. The van der Waals surface area contributed by atoms with E-state index < -0.39 is 35.8 Å². The molecule has 0 aromatic carbocycles. The Morgan fingerprint density at radius 1 is 0.485 bits per heavy atom. The first kappa shape index (κ1) is 29.9. The molecule has 0 fully saturated rings. The summed E-state index contributed by atoms with van der Waals surface area (Å²) in [6.07, 6.45) is -5.13. The highest BCUT2D eigenvalue weighted by atomic mass is 17.7. The second-order valence-electron chi connectivity index (χ2n) is 7.34. The largest absolute Gasteiger partial charge is 0.543 e. The van der Waals surface area contributed by atoms with E-state index in [1.54, 1.807) is 41.5 Å².